The lowest BCUT2D eigenvalue weighted by Crippen LogP contribution is -2.42. The van der Waals surface area contributed by atoms with Gasteiger partial charge in [0.25, 0.3) is 0 Å². The first-order valence-corrected chi connectivity index (χ1v) is 8.51. The van der Waals surface area contributed by atoms with Gasteiger partial charge in [0.05, 0.1) is 0 Å². The van der Waals surface area contributed by atoms with Crippen LogP contribution < -0.4 is 5.73 Å². The van der Waals surface area contributed by atoms with Crippen LogP contribution in [0, 0.1) is 0 Å². The average molecular weight is 289 g/mol. The molecule has 0 heterocycles. The van der Waals surface area contributed by atoms with Crippen molar-refractivity contribution in [3.05, 3.63) is 35.4 Å². The molecule has 0 aromatic heterocycles. The topological polar surface area (TPSA) is 32.5 Å². The molecule has 2 unspecified atom stereocenters. The van der Waals surface area contributed by atoms with E-state index in [0.29, 0.717) is 6.04 Å². The van der Waals surface area contributed by atoms with Crippen molar-refractivity contribution in [3.63, 3.8) is 0 Å². The summed E-state index contributed by atoms with van der Waals surface area (Å²) in [5.74, 6) is 0. The van der Waals surface area contributed by atoms with E-state index in [9.17, 15) is 0 Å². The van der Waals surface area contributed by atoms with Crippen molar-refractivity contribution in [2.24, 2.45) is 5.73 Å². The van der Waals surface area contributed by atoms with Crippen LogP contribution in [0.5, 0.6) is 0 Å². The van der Waals surface area contributed by atoms with Crippen LogP contribution in [0.4, 0.5) is 0 Å². The van der Waals surface area contributed by atoms with Gasteiger partial charge in [-0.15, -0.1) is 0 Å². The van der Waals surface area contributed by atoms with Gasteiger partial charge in [-0.25, -0.2) is 0 Å². The summed E-state index contributed by atoms with van der Waals surface area (Å²) in [6.45, 7) is 12.5. The Morgan fingerprint density at radius 1 is 1.05 bits per heavy atom. The lowest BCUT2D eigenvalue weighted by atomic mass is 10.1. The summed E-state index contributed by atoms with van der Waals surface area (Å²) in [5, 5.41) is 0. The maximum absolute atomic E-state index is 6.50. The Kier molecular flexibility index (Phi) is 6.22. The second-order valence-corrected chi connectivity index (χ2v) is 6.01. The number of fused-ring (bicyclic) bond motifs is 1. The molecule has 1 aromatic carbocycles. The number of nitrogens with zero attached hydrogens (tertiary/aromatic N) is 2. The van der Waals surface area contributed by atoms with Gasteiger partial charge in [0, 0.05) is 12.1 Å². The van der Waals surface area contributed by atoms with Gasteiger partial charge in [-0.2, -0.15) is 0 Å². The molecule has 0 spiro atoms. The summed E-state index contributed by atoms with van der Waals surface area (Å²) in [6, 6.07) is 9.32. The first kappa shape index (κ1) is 16.5. The van der Waals surface area contributed by atoms with E-state index in [2.05, 4.69) is 54.8 Å². The predicted molar refractivity (Wildman–Crippen MR) is 90.5 cm³/mol. The molecular formula is C18H31N3. The fourth-order valence-electron chi connectivity index (χ4n) is 3.56. The minimum Gasteiger partial charge on any atom is -0.323 e. The Labute approximate surface area is 130 Å². The van der Waals surface area contributed by atoms with Crippen LogP contribution in [0.2, 0.25) is 0 Å². The molecule has 3 heteroatoms. The van der Waals surface area contributed by atoms with E-state index in [0.717, 1.165) is 32.6 Å². The summed E-state index contributed by atoms with van der Waals surface area (Å²) in [7, 11) is 0. The SMILES string of the molecule is CCN(CC)CCCN(CC)C1Cc2ccccc2C1N. The van der Waals surface area contributed by atoms with Crippen LogP contribution in [0.25, 0.3) is 0 Å². The zero-order chi connectivity index (χ0) is 15.2. The Balaban J connectivity index is 1.91. The van der Waals surface area contributed by atoms with Crippen LogP contribution >= 0.6 is 0 Å². The highest BCUT2D eigenvalue weighted by Crippen LogP contribution is 2.32. The highest BCUT2D eigenvalue weighted by atomic mass is 15.2. The molecule has 118 valence electrons. The minimum atomic E-state index is 0.176. The van der Waals surface area contributed by atoms with Gasteiger partial charge >= 0.3 is 0 Å². The van der Waals surface area contributed by atoms with E-state index >= 15 is 0 Å². The summed E-state index contributed by atoms with van der Waals surface area (Å²) in [5.41, 5.74) is 9.29. The number of likely N-dealkylation sites (N-methyl/N-ethyl adjacent to an activating group) is 1. The highest BCUT2D eigenvalue weighted by molar-refractivity contribution is 5.36. The van der Waals surface area contributed by atoms with Gasteiger partial charge < -0.3 is 10.6 Å². The standard InChI is InChI=1S/C18H31N3/c1-4-20(5-2)12-9-13-21(6-3)17-14-15-10-7-8-11-16(15)18(17)19/h7-8,10-11,17-18H,4-6,9,12-14,19H2,1-3H3. The number of hydrogen-bond acceptors (Lipinski definition) is 3. The fourth-order valence-corrected chi connectivity index (χ4v) is 3.56. The smallest absolute Gasteiger partial charge is 0.0459 e. The molecule has 1 aliphatic carbocycles. The number of rotatable bonds is 8. The van der Waals surface area contributed by atoms with Gasteiger partial charge in [0.15, 0.2) is 0 Å². The quantitative estimate of drug-likeness (QED) is 0.798. The molecule has 0 radical (unpaired) electrons. The van der Waals surface area contributed by atoms with Crippen molar-refractivity contribution in [1.29, 1.82) is 0 Å². The molecule has 0 bridgehead atoms. The maximum Gasteiger partial charge on any atom is 0.0459 e. The third-order valence-electron chi connectivity index (χ3n) is 4.95. The molecule has 2 rings (SSSR count). The molecule has 0 fully saturated rings. The summed E-state index contributed by atoms with van der Waals surface area (Å²) < 4.78 is 0. The molecule has 1 aliphatic rings. The monoisotopic (exact) mass is 289 g/mol. The Morgan fingerprint density at radius 2 is 1.76 bits per heavy atom. The molecular weight excluding hydrogens is 258 g/mol. The molecule has 1 aromatic rings. The maximum atomic E-state index is 6.50. The molecule has 2 atom stereocenters. The molecule has 0 aliphatic heterocycles. The van der Waals surface area contributed by atoms with Crippen LogP contribution in [0.15, 0.2) is 24.3 Å². The Morgan fingerprint density at radius 3 is 2.38 bits per heavy atom. The molecule has 0 saturated carbocycles. The summed E-state index contributed by atoms with van der Waals surface area (Å²) >= 11 is 0. The average Bonchev–Trinajstić information content (AvgIpc) is 2.85. The largest absolute Gasteiger partial charge is 0.323 e. The van der Waals surface area contributed by atoms with Gasteiger partial charge in [-0.3, -0.25) is 4.90 Å². The van der Waals surface area contributed by atoms with Gasteiger partial charge in [0.1, 0.15) is 0 Å². The van der Waals surface area contributed by atoms with E-state index in [1.54, 1.807) is 0 Å². The second kappa shape index (κ2) is 7.92. The van der Waals surface area contributed by atoms with Crippen molar-refractivity contribution in [1.82, 2.24) is 9.80 Å². The highest BCUT2D eigenvalue weighted by Gasteiger charge is 2.32. The molecule has 2 N–H and O–H groups in total. The van der Waals surface area contributed by atoms with E-state index < -0.39 is 0 Å². The lowest BCUT2D eigenvalue weighted by molar-refractivity contribution is 0.175. The molecule has 0 amide bonds. The Bertz CT molecular complexity index is 428. The second-order valence-electron chi connectivity index (χ2n) is 6.01. The van der Waals surface area contributed by atoms with E-state index in [1.165, 1.54) is 24.1 Å². The van der Waals surface area contributed by atoms with Crippen molar-refractivity contribution in [2.45, 2.75) is 45.7 Å². The van der Waals surface area contributed by atoms with Crippen LogP contribution in [0.3, 0.4) is 0 Å². The van der Waals surface area contributed by atoms with Crippen LogP contribution in [0.1, 0.15) is 44.4 Å². The van der Waals surface area contributed by atoms with Gasteiger partial charge in [0.2, 0.25) is 0 Å². The first-order chi connectivity index (χ1) is 10.2. The zero-order valence-corrected chi connectivity index (χ0v) is 13.9. The molecule has 3 nitrogen and oxygen atoms in total. The van der Waals surface area contributed by atoms with E-state index in [1.807, 2.05) is 0 Å². The third kappa shape index (κ3) is 3.85. The number of hydrogen-bond donors (Lipinski definition) is 1. The van der Waals surface area contributed by atoms with Crippen molar-refractivity contribution in [2.75, 3.05) is 32.7 Å². The van der Waals surface area contributed by atoms with E-state index in [-0.39, 0.29) is 6.04 Å². The predicted octanol–water partition coefficient (Wildman–Crippen LogP) is 2.66. The van der Waals surface area contributed by atoms with Gasteiger partial charge in [-0.1, -0.05) is 45.0 Å². The fraction of sp³-hybridized carbons (Fsp3) is 0.667. The Hall–Kier alpha value is -0.900. The number of benzene rings is 1. The summed E-state index contributed by atoms with van der Waals surface area (Å²) in [6.07, 6.45) is 2.34. The lowest BCUT2D eigenvalue weighted by Gasteiger charge is -2.31. The number of nitrogens with two attached hydrogens (primary N) is 1. The van der Waals surface area contributed by atoms with Crippen molar-refractivity contribution >= 4 is 0 Å². The molecule has 0 saturated heterocycles. The van der Waals surface area contributed by atoms with Gasteiger partial charge in [-0.05, 0) is 56.7 Å². The summed E-state index contributed by atoms with van der Waals surface area (Å²) in [4.78, 5) is 5.07. The normalized spacial score (nSPS) is 21.2. The first-order valence-electron chi connectivity index (χ1n) is 8.51. The van der Waals surface area contributed by atoms with E-state index in [4.69, 9.17) is 5.73 Å². The van der Waals surface area contributed by atoms with Crippen molar-refractivity contribution < 1.29 is 0 Å². The van der Waals surface area contributed by atoms with Crippen LogP contribution in [-0.2, 0) is 6.42 Å². The molecule has 21 heavy (non-hydrogen) atoms. The minimum absolute atomic E-state index is 0.176. The third-order valence-corrected chi connectivity index (χ3v) is 4.95. The zero-order valence-electron chi connectivity index (χ0n) is 13.9. The van der Waals surface area contributed by atoms with Crippen molar-refractivity contribution in [3.8, 4) is 0 Å². The van der Waals surface area contributed by atoms with Crippen LogP contribution in [-0.4, -0.2) is 48.6 Å².